The molecular formula is C9H10F3N3O2S. The zero-order chi connectivity index (χ0) is 13.6. The van der Waals surface area contributed by atoms with E-state index in [4.69, 9.17) is 5.73 Å². The summed E-state index contributed by atoms with van der Waals surface area (Å²) in [5.41, 5.74) is 3.86. The summed E-state index contributed by atoms with van der Waals surface area (Å²) in [6.45, 7) is 0. The molecule has 2 amide bonds. The molecule has 1 aromatic rings. The number of hydrogen-bond donors (Lipinski definition) is 3. The smallest absolute Gasteiger partial charge is 0.362 e. The van der Waals surface area contributed by atoms with Gasteiger partial charge in [0.25, 0.3) is 5.72 Å². The number of amides is 2. The van der Waals surface area contributed by atoms with Crippen LogP contribution in [0.25, 0.3) is 0 Å². The Balaban J connectivity index is 2.33. The maximum Gasteiger partial charge on any atom is 0.438 e. The molecule has 2 atom stereocenters. The number of alkyl halides is 3. The van der Waals surface area contributed by atoms with Crippen LogP contribution in [0.15, 0.2) is 17.5 Å². The summed E-state index contributed by atoms with van der Waals surface area (Å²) in [5, 5.41) is 11.4. The van der Waals surface area contributed by atoms with Crippen molar-refractivity contribution >= 4 is 17.4 Å². The number of aliphatic hydroxyl groups is 1. The number of primary amides is 1. The Morgan fingerprint density at radius 3 is 2.72 bits per heavy atom. The Kier molecular flexibility index (Phi) is 2.99. The lowest BCUT2D eigenvalue weighted by molar-refractivity contribution is -0.299. The average molecular weight is 281 g/mol. The molecule has 18 heavy (non-hydrogen) atoms. The third kappa shape index (κ3) is 1.93. The standard InChI is InChI=1S/C9H10F3N3O2S/c10-9(11,12)8(17)4-5(6-2-1-3-18-6)14-15(8)7(13)16/h1-3,5,14,17H,4H2,(H2,13,16)/t5-,8+/m1/s1. The van der Waals surface area contributed by atoms with E-state index in [0.29, 0.717) is 4.88 Å². The van der Waals surface area contributed by atoms with Crippen molar-refractivity contribution in [3.8, 4) is 0 Å². The first-order chi connectivity index (χ1) is 8.25. The van der Waals surface area contributed by atoms with Gasteiger partial charge in [-0.3, -0.25) is 0 Å². The van der Waals surface area contributed by atoms with Crippen LogP contribution < -0.4 is 11.2 Å². The average Bonchev–Trinajstić information content (AvgIpc) is 2.82. The number of carbonyl (C=O) groups is 1. The monoisotopic (exact) mass is 281 g/mol. The van der Waals surface area contributed by atoms with Crippen LogP contribution in [-0.2, 0) is 0 Å². The second-order valence-electron chi connectivity index (χ2n) is 3.89. The van der Waals surface area contributed by atoms with Crippen LogP contribution in [0.1, 0.15) is 17.3 Å². The summed E-state index contributed by atoms with van der Waals surface area (Å²) in [6, 6.07) is 1.10. The predicted octanol–water partition coefficient (Wildman–Crippen LogP) is 1.33. The number of thiophene rings is 1. The lowest BCUT2D eigenvalue weighted by atomic mass is 10.0. The molecule has 0 aromatic carbocycles. The van der Waals surface area contributed by atoms with Gasteiger partial charge in [-0.15, -0.1) is 11.3 Å². The van der Waals surface area contributed by atoms with Crippen molar-refractivity contribution < 1.29 is 23.1 Å². The number of carbonyl (C=O) groups excluding carboxylic acids is 1. The normalized spacial score (nSPS) is 28.7. The van der Waals surface area contributed by atoms with Gasteiger partial charge in [0.05, 0.1) is 6.04 Å². The van der Waals surface area contributed by atoms with Gasteiger partial charge in [-0.1, -0.05) is 6.07 Å². The van der Waals surface area contributed by atoms with Crippen LogP contribution in [0.5, 0.6) is 0 Å². The predicted molar refractivity (Wildman–Crippen MR) is 57.2 cm³/mol. The molecular weight excluding hydrogens is 271 g/mol. The van der Waals surface area contributed by atoms with Crippen molar-refractivity contribution in [2.24, 2.45) is 5.73 Å². The molecule has 1 aliphatic rings. The van der Waals surface area contributed by atoms with Crippen LogP contribution in [-0.4, -0.2) is 28.0 Å². The van der Waals surface area contributed by atoms with E-state index in [-0.39, 0.29) is 5.01 Å². The Morgan fingerprint density at radius 1 is 1.67 bits per heavy atom. The first kappa shape index (κ1) is 13.1. The van der Waals surface area contributed by atoms with E-state index in [2.05, 4.69) is 5.43 Å². The highest BCUT2D eigenvalue weighted by atomic mass is 32.1. The zero-order valence-corrected chi connectivity index (χ0v) is 9.76. The van der Waals surface area contributed by atoms with Gasteiger partial charge in [0.2, 0.25) is 0 Å². The fraction of sp³-hybridized carbons (Fsp3) is 0.444. The number of hydrazine groups is 1. The minimum atomic E-state index is -4.99. The Labute approximate surface area is 104 Å². The van der Waals surface area contributed by atoms with Gasteiger partial charge in [0.1, 0.15) is 0 Å². The maximum absolute atomic E-state index is 12.8. The minimum absolute atomic E-state index is 0.0391. The Bertz CT molecular complexity index is 450. The highest BCUT2D eigenvalue weighted by Crippen LogP contribution is 2.44. The summed E-state index contributed by atoms with van der Waals surface area (Å²) >= 11 is 1.23. The van der Waals surface area contributed by atoms with E-state index in [0.717, 1.165) is 0 Å². The summed E-state index contributed by atoms with van der Waals surface area (Å²) < 4.78 is 38.5. The molecule has 100 valence electrons. The summed E-state index contributed by atoms with van der Waals surface area (Å²) in [4.78, 5) is 11.6. The number of urea groups is 1. The molecule has 9 heteroatoms. The van der Waals surface area contributed by atoms with Crippen molar-refractivity contribution in [1.82, 2.24) is 10.4 Å². The number of hydrogen-bond acceptors (Lipinski definition) is 4. The third-order valence-electron chi connectivity index (χ3n) is 2.70. The summed E-state index contributed by atoms with van der Waals surface area (Å²) in [7, 11) is 0. The quantitative estimate of drug-likeness (QED) is 0.726. The number of halogens is 3. The molecule has 2 heterocycles. The minimum Gasteiger partial charge on any atom is -0.362 e. The lowest BCUT2D eigenvalue weighted by Gasteiger charge is -2.32. The number of nitrogens with two attached hydrogens (primary N) is 1. The van der Waals surface area contributed by atoms with Gasteiger partial charge in [0, 0.05) is 11.3 Å². The first-order valence-corrected chi connectivity index (χ1v) is 5.82. The Hall–Kier alpha value is -1.32. The van der Waals surface area contributed by atoms with E-state index >= 15 is 0 Å². The second kappa shape index (κ2) is 4.11. The molecule has 4 N–H and O–H groups in total. The molecule has 0 bridgehead atoms. The first-order valence-electron chi connectivity index (χ1n) is 4.94. The van der Waals surface area contributed by atoms with Crippen molar-refractivity contribution in [1.29, 1.82) is 0 Å². The zero-order valence-electron chi connectivity index (χ0n) is 8.94. The van der Waals surface area contributed by atoms with E-state index in [1.165, 1.54) is 11.3 Å². The van der Waals surface area contributed by atoms with Crippen molar-refractivity contribution in [2.75, 3.05) is 0 Å². The van der Waals surface area contributed by atoms with Crippen molar-refractivity contribution in [3.05, 3.63) is 22.4 Å². The molecule has 2 rings (SSSR count). The van der Waals surface area contributed by atoms with E-state index in [1.54, 1.807) is 17.5 Å². The molecule has 0 saturated carbocycles. The van der Waals surface area contributed by atoms with E-state index < -0.39 is 30.4 Å². The fourth-order valence-corrected chi connectivity index (χ4v) is 2.60. The molecule has 0 unspecified atom stereocenters. The largest absolute Gasteiger partial charge is 0.438 e. The van der Waals surface area contributed by atoms with Gasteiger partial charge in [-0.05, 0) is 11.4 Å². The molecule has 1 aromatic heterocycles. The third-order valence-corrected chi connectivity index (χ3v) is 3.69. The second-order valence-corrected chi connectivity index (χ2v) is 4.87. The van der Waals surface area contributed by atoms with Gasteiger partial charge in [-0.2, -0.15) is 13.2 Å². The van der Waals surface area contributed by atoms with Crippen LogP contribution in [0.4, 0.5) is 18.0 Å². The lowest BCUT2D eigenvalue weighted by Crippen LogP contribution is -2.61. The highest BCUT2D eigenvalue weighted by molar-refractivity contribution is 7.10. The molecule has 0 aliphatic carbocycles. The van der Waals surface area contributed by atoms with E-state index in [1.807, 2.05) is 0 Å². The molecule has 0 spiro atoms. The van der Waals surface area contributed by atoms with E-state index in [9.17, 15) is 23.1 Å². The van der Waals surface area contributed by atoms with Crippen LogP contribution in [0, 0.1) is 0 Å². The molecule has 1 saturated heterocycles. The SMILES string of the molecule is NC(=O)N1N[C@@H](c2cccs2)C[C@]1(O)C(F)(F)F. The molecule has 1 fully saturated rings. The summed E-state index contributed by atoms with van der Waals surface area (Å²) in [5.74, 6) is 0. The molecule has 5 nitrogen and oxygen atoms in total. The van der Waals surface area contributed by atoms with Gasteiger partial charge in [0.15, 0.2) is 0 Å². The van der Waals surface area contributed by atoms with Crippen LogP contribution in [0.3, 0.4) is 0 Å². The van der Waals surface area contributed by atoms with Crippen molar-refractivity contribution in [3.63, 3.8) is 0 Å². The fourth-order valence-electron chi connectivity index (χ4n) is 1.83. The number of nitrogens with one attached hydrogen (secondary N) is 1. The number of nitrogens with zero attached hydrogens (tertiary/aromatic N) is 1. The topological polar surface area (TPSA) is 78.6 Å². The number of rotatable bonds is 1. The van der Waals surface area contributed by atoms with Crippen molar-refractivity contribution in [2.45, 2.75) is 24.4 Å². The molecule has 1 aliphatic heterocycles. The molecule has 0 radical (unpaired) electrons. The summed E-state index contributed by atoms with van der Waals surface area (Å²) in [6.07, 6.45) is -5.68. The van der Waals surface area contributed by atoms with Gasteiger partial charge in [-0.25, -0.2) is 15.2 Å². The van der Waals surface area contributed by atoms with Gasteiger partial charge < -0.3 is 10.8 Å². The van der Waals surface area contributed by atoms with Gasteiger partial charge >= 0.3 is 12.2 Å². The maximum atomic E-state index is 12.8. The highest BCUT2D eigenvalue weighted by Gasteiger charge is 2.64. The van der Waals surface area contributed by atoms with Crippen LogP contribution >= 0.6 is 11.3 Å². The Morgan fingerprint density at radius 2 is 2.33 bits per heavy atom. The van der Waals surface area contributed by atoms with Crippen LogP contribution in [0.2, 0.25) is 0 Å².